The van der Waals surface area contributed by atoms with Crippen molar-refractivity contribution in [3.63, 3.8) is 0 Å². The highest BCUT2D eigenvalue weighted by Crippen LogP contribution is 2.20. The molecule has 0 amide bonds. The maximum atomic E-state index is 11.0. The van der Waals surface area contributed by atoms with Gasteiger partial charge in [-0.05, 0) is 12.1 Å². The van der Waals surface area contributed by atoms with Crippen molar-refractivity contribution in [2.45, 2.75) is 0 Å². The standard InChI is InChI=1S/C10H12N2O4.H2/c11-4-5-12-7-3-1-2-6(9(13)14)8(7)10(15)16;/h1-3,12H,4-5,11H2,(H,13,14)(H,15,16);1H. The van der Waals surface area contributed by atoms with Crippen LogP contribution in [0.15, 0.2) is 18.2 Å². The van der Waals surface area contributed by atoms with Crippen LogP contribution in [0.2, 0.25) is 0 Å². The number of benzene rings is 1. The van der Waals surface area contributed by atoms with E-state index in [0.29, 0.717) is 13.1 Å². The Morgan fingerprint density at radius 1 is 1.31 bits per heavy atom. The number of carboxylic acids is 2. The highest BCUT2D eigenvalue weighted by Gasteiger charge is 2.19. The molecule has 0 bridgehead atoms. The minimum atomic E-state index is -1.28. The molecule has 0 aliphatic heterocycles. The van der Waals surface area contributed by atoms with Crippen molar-refractivity contribution in [1.29, 1.82) is 0 Å². The maximum Gasteiger partial charge on any atom is 0.338 e. The first-order valence-corrected chi connectivity index (χ1v) is 4.61. The summed E-state index contributed by atoms with van der Waals surface area (Å²) < 4.78 is 0. The van der Waals surface area contributed by atoms with Crippen molar-refractivity contribution >= 4 is 17.6 Å². The van der Waals surface area contributed by atoms with Crippen molar-refractivity contribution in [1.82, 2.24) is 0 Å². The van der Waals surface area contributed by atoms with Crippen LogP contribution in [0.4, 0.5) is 5.69 Å². The molecule has 0 atom stereocenters. The Kier molecular flexibility index (Phi) is 3.84. The monoisotopic (exact) mass is 226 g/mol. The van der Waals surface area contributed by atoms with Gasteiger partial charge in [0.05, 0.1) is 11.1 Å². The highest BCUT2D eigenvalue weighted by molar-refractivity contribution is 6.05. The number of hydrogen-bond acceptors (Lipinski definition) is 4. The van der Waals surface area contributed by atoms with Gasteiger partial charge in [0.1, 0.15) is 0 Å². The summed E-state index contributed by atoms with van der Waals surface area (Å²) in [5.41, 5.74) is 5.05. The lowest BCUT2D eigenvalue weighted by atomic mass is 10.1. The third-order valence-corrected chi connectivity index (χ3v) is 1.97. The molecule has 6 nitrogen and oxygen atoms in total. The van der Waals surface area contributed by atoms with Crippen molar-refractivity contribution in [3.05, 3.63) is 29.3 Å². The third kappa shape index (κ3) is 2.48. The van der Waals surface area contributed by atoms with Crippen molar-refractivity contribution in [2.75, 3.05) is 18.4 Å². The van der Waals surface area contributed by atoms with Gasteiger partial charge in [-0.2, -0.15) is 0 Å². The molecule has 0 aliphatic rings. The maximum absolute atomic E-state index is 11.0. The number of hydrogen-bond donors (Lipinski definition) is 4. The van der Waals surface area contributed by atoms with Crippen molar-refractivity contribution in [2.24, 2.45) is 5.73 Å². The van der Waals surface area contributed by atoms with Gasteiger partial charge >= 0.3 is 11.9 Å². The summed E-state index contributed by atoms with van der Waals surface area (Å²) in [6.45, 7) is 0.708. The van der Waals surface area contributed by atoms with Crippen molar-refractivity contribution < 1.29 is 21.2 Å². The quantitative estimate of drug-likeness (QED) is 0.587. The molecule has 5 N–H and O–H groups in total. The van der Waals surface area contributed by atoms with Crippen LogP contribution < -0.4 is 11.1 Å². The average Bonchev–Trinajstić information content (AvgIpc) is 2.25. The largest absolute Gasteiger partial charge is 0.478 e. The predicted octanol–water partition coefficient (Wildman–Crippen LogP) is 0.700. The first-order chi connectivity index (χ1) is 7.57. The molecule has 0 aromatic heterocycles. The first-order valence-electron chi connectivity index (χ1n) is 4.61. The zero-order valence-electron chi connectivity index (χ0n) is 8.43. The fraction of sp³-hybridized carbons (Fsp3) is 0.200. The lowest BCUT2D eigenvalue weighted by molar-refractivity contribution is 0.0652. The minimum Gasteiger partial charge on any atom is -0.478 e. The average molecular weight is 226 g/mol. The molecule has 88 valence electrons. The Bertz CT molecular complexity index is 423. The van der Waals surface area contributed by atoms with Gasteiger partial charge in [-0.25, -0.2) is 9.59 Å². The zero-order chi connectivity index (χ0) is 12.1. The van der Waals surface area contributed by atoms with Crippen LogP contribution in [-0.4, -0.2) is 35.2 Å². The molecule has 1 rings (SSSR count). The van der Waals surface area contributed by atoms with E-state index in [1.807, 2.05) is 0 Å². The molecule has 0 saturated carbocycles. The molecule has 0 saturated heterocycles. The fourth-order valence-electron chi connectivity index (χ4n) is 1.32. The summed E-state index contributed by atoms with van der Waals surface area (Å²) in [6.07, 6.45) is 0. The Morgan fingerprint density at radius 3 is 2.50 bits per heavy atom. The lowest BCUT2D eigenvalue weighted by Gasteiger charge is -2.10. The molecule has 0 unspecified atom stereocenters. The third-order valence-electron chi connectivity index (χ3n) is 1.97. The topological polar surface area (TPSA) is 113 Å². The van der Waals surface area contributed by atoms with Gasteiger partial charge in [0, 0.05) is 20.2 Å². The Hall–Kier alpha value is -2.08. The summed E-state index contributed by atoms with van der Waals surface area (Å²) in [5, 5.41) is 20.6. The highest BCUT2D eigenvalue weighted by atomic mass is 16.4. The molecule has 0 radical (unpaired) electrons. The normalized spacial score (nSPS) is 9.81. The van der Waals surface area contributed by atoms with E-state index in [4.69, 9.17) is 15.9 Å². The van der Waals surface area contributed by atoms with E-state index in [0.717, 1.165) is 0 Å². The number of nitrogens with two attached hydrogens (primary N) is 1. The van der Waals surface area contributed by atoms with Gasteiger partial charge in [0.2, 0.25) is 0 Å². The molecule has 0 aliphatic carbocycles. The fourth-order valence-corrected chi connectivity index (χ4v) is 1.32. The number of aromatic carboxylic acids is 2. The minimum absolute atomic E-state index is 0. The van der Waals surface area contributed by atoms with Crippen LogP contribution in [0.3, 0.4) is 0 Å². The first kappa shape index (κ1) is 12.0. The van der Waals surface area contributed by atoms with Crippen LogP contribution in [0, 0.1) is 0 Å². The summed E-state index contributed by atoms with van der Waals surface area (Å²) in [6, 6.07) is 4.24. The van der Waals surface area contributed by atoms with E-state index in [1.54, 1.807) is 0 Å². The van der Waals surface area contributed by atoms with Crippen molar-refractivity contribution in [3.8, 4) is 0 Å². The van der Waals surface area contributed by atoms with E-state index in [9.17, 15) is 9.59 Å². The lowest BCUT2D eigenvalue weighted by Crippen LogP contribution is -2.17. The van der Waals surface area contributed by atoms with Gasteiger partial charge < -0.3 is 21.3 Å². The summed E-state index contributed by atoms with van der Waals surface area (Å²) in [7, 11) is 0. The van der Waals surface area contributed by atoms with Crippen LogP contribution in [0.1, 0.15) is 22.1 Å². The van der Waals surface area contributed by atoms with Crippen LogP contribution in [0.5, 0.6) is 0 Å². The SMILES string of the molecule is NCCNc1cccc(C(=O)O)c1C(=O)O.[HH]. The van der Waals surface area contributed by atoms with E-state index in [-0.39, 0.29) is 18.2 Å². The number of anilines is 1. The van der Waals surface area contributed by atoms with Crippen LogP contribution in [0.25, 0.3) is 0 Å². The molecule has 6 heteroatoms. The Balaban J connectivity index is 0.00000256. The van der Waals surface area contributed by atoms with E-state index in [1.165, 1.54) is 18.2 Å². The van der Waals surface area contributed by atoms with Gasteiger partial charge in [-0.15, -0.1) is 0 Å². The molecule has 0 fully saturated rings. The Morgan fingerprint density at radius 2 is 2.00 bits per heavy atom. The number of nitrogens with one attached hydrogen (secondary N) is 1. The zero-order valence-corrected chi connectivity index (χ0v) is 8.43. The van der Waals surface area contributed by atoms with Gasteiger partial charge in [0.15, 0.2) is 0 Å². The van der Waals surface area contributed by atoms with Crippen LogP contribution in [-0.2, 0) is 0 Å². The molecule has 0 spiro atoms. The smallest absolute Gasteiger partial charge is 0.338 e. The van der Waals surface area contributed by atoms with E-state index >= 15 is 0 Å². The Labute approximate surface area is 93.2 Å². The summed E-state index contributed by atoms with van der Waals surface area (Å²) in [5.74, 6) is -2.55. The number of carboxylic acid groups (broad SMARTS) is 2. The second-order valence-corrected chi connectivity index (χ2v) is 3.05. The molecule has 16 heavy (non-hydrogen) atoms. The van der Waals surface area contributed by atoms with E-state index in [2.05, 4.69) is 5.32 Å². The summed E-state index contributed by atoms with van der Waals surface area (Å²) >= 11 is 0. The molecule has 1 aromatic carbocycles. The second-order valence-electron chi connectivity index (χ2n) is 3.05. The van der Waals surface area contributed by atoms with Gasteiger partial charge in [-0.1, -0.05) is 6.07 Å². The summed E-state index contributed by atoms with van der Waals surface area (Å²) in [4.78, 5) is 21.8. The molecular weight excluding hydrogens is 212 g/mol. The molecular formula is C10H14N2O4. The van der Waals surface area contributed by atoms with E-state index < -0.39 is 11.9 Å². The van der Waals surface area contributed by atoms with Crippen LogP contribution >= 0.6 is 0 Å². The van der Waals surface area contributed by atoms with Gasteiger partial charge in [-0.3, -0.25) is 0 Å². The molecule has 1 aromatic rings. The predicted molar refractivity (Wildman–Crippen MR) is 60.0 cm³/mol. The number of carbonyl (C=O) groups is 2. The van der Waals surface area contributed by atoms with Gasteiger partial charge in [0.25, 0.3) is 0 Å². The number of rotatable bonds is 5. The molecule has 0 heterocycles. The second kappa shape index (κ2) is 5.13.